The van der Waals surface area contributed by atoms with Gasteiger partial charge in [-0.2, -0.15) is 0 Å². The van der Waals surface area contributed by atoms with Gasteiger partial charge in [-0.1, -0.05) is 29.3 Å². The maximum Gasteiger partial charge on any atom is 0.253 e. The number of nitrogens with two attached hydrogens (primary N) is 2. The second-order valence-corrected chi connectivity index (χ2v) is 5.86. The van der Waals surface area contributed by atoms with Crippen LogP contribution in [0, 0.1) is 6.92 Å². The molecule has 2 heterocycles. The number of aromatic hydroxyl groups is 1. The normalized spacial score (nSPS) is 11.1. The van der Waals surface area contributed by atoms with Crippen LogP contribution in [0.5, 0.6) is 5.75 Å². The Morgan fingerprint density at radius 1 is 1.35 bits per heavy atom. The number of carbonyl (C=O) groups is 1. The van der Waals surface area contributed by atoms with Gasteiger partial charge in [-0.05, 0) is 24.6 Å². The molecule has 0 atom stereocenters. The van der Waals surface area contributed by atoms with Gasteiger partial charge in [-0.3, -0.25) is 9.36 Å². The second-order valence-electron chi connectivity index (χ2n) is 5.05. The van der Waals surface area contributed by atoms with Gasteiger partial charge in [0.15, 0.2) is 0 Å². The number of aryl methyl sites for hydroxylation is 1. The zero-order chi connectivity index (χ0) is 16.9. The molecule has 118 valence electrons. The molecule has 0 unspecified atom stereocenters. The molecule has 5 N–H and O–H groups in total. The van der Waals surface area contributed by atoms with Crippen molar-refractivity contribution in [1.82, 2.24) is 9.55 Å². The Hall–Kier alpha value is -2.44. The summed E-state index contributed by atoms with van der Waals surface area (Å²) < 4.78 is 1.49. The molecule has 0 bridgehead atoms. The fourth-order valence-electron chi connectivity index (χ4n) is 2.57. The Morgan fingerprint density at radius 2 is 2.04 bits per heavy atom. The average molecular weight is 351 g/mol. The number of benzene rings is 1. The highest BCUT2D eigenvalue weighted by atomic mass is 35.5. The van der Waals surface area contributed by atoms with Crippen LogP contribution in [0.3, 0.4) is 0 Å². The van der Waals surface area contributed by atoms with Gasteiger partial charge in [-0.25, -0.2) is 4.98 Å². The van der Waals surface area contributed by atoms with E-state index in [1.807, 2.05) is 0 Å². The number of pyridine rings is 1. The Bertz CT molecular complexity index is 966. The maximum atomic E-state index is 11.8. The Morgan fingerprint density at radius 3 is 2.70 bits per heavy atom. The average Bonchev–Trinajstić information content (AvgIpc) is 2.75. The fraction of sp³-hybridized carbons (Fsp3) is 0.0667. The van der Waals surface area contributed by atoms with Crippen molar-refractivity contribution < 1.29 is 9.90 Å². The van der Waals surface area contributed by atoms with E-state index in [4.69, 9.17) is 34.7 Å². The molecule has 2 aromatic heterocycles. The highest BCUT2D eigenvalue weighted by molar-refractivity contribution is 6.34. The van der Waals surface area contributed by atoms with Gasteiger partial charge in [0.25, 0.3) is 5.91 Å². The number of halogens is 2. The van der Waals surface area contributed by atoms with Crippen molar-refractivity contribution in [2.45, 2.75) is 6.92 Å². The molecule has 1 aromatic carbocycles. The van der Waals surface area contributed by atoms with Crippen molar-refractivity contribution in [1.29, 1.82) is 0 Å². The number of nitrogen functional groups attached to an aromatic ring is 1. The molecular formula is C15H12Cl2N4O2. The summed E-state index contributed by atoms with van der Waals surface area (Å²) in [5, 5.41) is 10.7. The highest BCUT2D eigenvalue weighted by Gasteiger charge is 2.24. The monoisotopic (exact) mass is 350 g/mol. The van der Waals surface area contributed by atoms with Gasteiger partial charge in [0.1, 0.15) is 22.2 Å². The number of phenols is 1. The molecule has 6 nitrogen and oxygen atoms in total. The minimum Gasteiger partial charge on any atom is -0.506 e. The summed E-state index contributed by atoms with van der Waals surface area (Å²) in [4.78, 5) is 16.0. The van der Waals surface area contributed by atoms with Crippen molar-refractivity contribution in [2.75, 3.05) is 5.73 Å². The molecule has 0 aliphatic rings. The molecule has 0 aliphatic carbocycles. The van der Waals surface area contributed by atoms with E-state index in [9.17, 15) is 9.90 Å². The number of hydrogen-bond donors (Lipinski definition) is 3. The zero-order valence-electron chi connectivity index (χ0n) is 12.0. The lowest BCUT2D eigenvalue weighted by Crippen LogP contribution is -2.14. The number of hydrogen-bond acceptors (Lipinski definition) is 4. The van der Waals surface area contributed by atoms with Crippen molar-refractivity contribution in [3.8, 4) is 11.4 Å². The Labute approximate surface area is 141 Å². The number of fused-ring (bicyclic) bond motifs is 1. The van der Waals surface area contributed by atoms with Crippen LogP contribution in [0.1, 0.15) is 15.9 Å². The third-order valence-corrected chi connectivity index (χ3v) is 4.16. The molecule has 0 spiro atoms. The van der Waals surface area contributed by atoms with Gasteiger partial charge in [-0.15, -0.1) is 0 Å². The number of phenolic OH excluding ortho intramolecular Hbond substituents is 1. The number of carbonyl (C=O) groups excluding carboxylic acids is 1. The molecule has 23 heavy (non-hydrogen) atoms. The molecular weight excluding hydrogens is 339 g/mol. The topological polar surface area (TPSA) is 107 Å². The quantitative estimate of drug-likeness (QED) is 0.660. The van der Waals surface area contributed by atoms with Gasteiger partial charge < -0.3 is 16.6 Å². The largest absolute Gasteiger partial charge is 0.506 e. The van der Waals surface area contributed by atoms with Crippen LogP contribution in [0.15, 0.2) is 24.4 Å². The number of amides is 1. The third-order valence-electron chi connectivity index (χ3n) is 3.58. The SMILES string of the molecule is Cc1ccc(O)c(Cl)c1-n1c(N)c(C(N)=O)c2cc(Cl)cnc21. The van der Waals surface area contributed by atoms with E-state index in [2.05, 4.69) is 4.98 Å². The molecule has 8 heteroatoms. The number of aromatic nitrogens is 2. The number of nitrogens with zero attached hydrogens (tertiary/aromatic N) is 2. The fourth-order valence-corrected chi connectivity index (χ4v) is 3.02. The lowest BCUT2D eigenvalue weighted by atomic mass is 10.2. The number of primary amides is 1. The Kier molecular flexibility index (Phi) is 3.58. The zero-order valence-corrected chi connectivity index (χ0v) is 13.5. The smallest absolute Gasteiger partial charge is 0.253 e. The van der Waals surface area contributed by atoms with Crippen molar-refractivity contribution in [2.24, 2.45) is 5.73 Å². The van der Waals surface area contributed by atoms with Crippen LogP contribution < -0.4 is 11.5 Å². The third kappa shape index (κ3) is 2.27. The molecule has 0 saturated heterocycles. The first-order chi connectivity index (χ1) is 10.8. The van der Waals surface area contributed by atoms with E-state index in [1.54, 1.807) is 19.1 Å². The van der Waals surface area contributed by atoms with Crippen molar-refractivity contribution >= 4 is 46.0 Å². The van der Waals surface area contributed by atoms with Crippen molar-refractivity contribution in [3.63, 3.8) is 0 Å². The maximum absolute atomic E-state index is 11.8. The van der Waals surface area contributed by atoms with Crippen LogP contribution in [0.25, 0.3) is 16.7 Å². The van der Waals surface area contributed by atoms with E-state index < -0.39 is 5.91 Å². The molecule has 0 radical (unpaired) electrons. The molecule has 0 aliphatic heterocycles. The molecule has 0 fully saturated rings. The van der Waals surface area contributed by atoms with Crippen LogP contribution in [-0.4, -0.2) is 20.6 Å². The number of rotatable bonds is 2. The summed E-state index contributed by atoms with van der Waals surface area (Å²) in [6, 6.07) is 4.72. The predicted molar refractivity (Wildman–Crippen MR) is 90.4 cm³/mol. The first-order valence-electron chi connectivity index (χ1n) is 6.56. The van der Waals surface area contributed by atoms with Crippen LogP contribution in [-0.2, 0) is 0 Å². The van der Waals surface area contributed by atoms with Gasteiger partial charge in [0, 0.05) is 11.6 Å². The molecule has 0 saturated carbocycles. The second kappa shape index (κ2) is 5.33. The van der Waals surface area contributed by atoms with Gasteiger partial charge in [0.05, 0.1) is 16.3 Å². The minimum absolute atomic E-state index is 0.0814. The van der Waals surface area contributed by atoms with E-state index in [0.29, 0.717) is 21.7 Å². The van der Waals surface area contributed by atoms with E-state index >= 15 is 0 Å². The number of anilines is 1. The summed E-state index contributed by atoms with van der Waals surface area (Å²) in [6.07, 6.45) is 1.43. The van der Waals surface area contributed by atoms with Crippen molar-refractivity contribution in [3.05, 3.63) is 45.6 Å². The molecule has 3 aromatic rings. The molecule has 3 rings (SSSR count). The Balaban J connectivity index is 2.52. The highest BCUT2D eigenvalue weighted by Crippen LogP contribution is 2.38. The standard InChI is InChI=1S/C15H12Cl2N4O2/c1-6-2-3-9(22)11(17)12(6)21-13(18)10(14(19)23)8-4-7(16)5-20-15(8)21/h2-5,22H,18H2,1H3,(H2,19,23). The van der Waals surface area contributed by atoms with E-state index in [0.717, 1.165) is 5.56 Å². The van der Waals surface area contributed by atoms with Crippen LogP contribution in [0.4, 0.5) is 5.82 Å². The van der Waals surface area contributed by atoms with Crippen LogP contribution >= 0.6 is 23.2 Å². The first-order valence-corrected chi connectivity index (χ1v) is 7.32. The van der Waals surface area contributed by atoms with Crippen LogP contribution in [0.2, 0.25) is 10.0 Å². The van der Waals surface area contributed by atoms with E-state index in [-0.39, 0.29) is 22.2 Å². The summed E-state index contributed by atoms with van der Waals surface area (Å²) in [6.45, 7) is 1.80. The lowest BCUT2D eigenvalue weighted by molar-refractivity contribution is 0.100. The van der Waals surface area contributed by atoms with E-state index in [1.165, 1.54) is 16.8 Å². The molecule has 1 amide bonds. The lowest BCUT2D eigenvalue weighted by Gasteiger charge is -2.13. The minimum atomic E-state index is -0.704. The summed E-state index contributed by atoms with van der Waals surface area (Å²) in [5.74, 6) is -0.731. The summed E-state index contributed by atoms with van der Waals surface area (Å²) in [5.41, 5.74) is 13.2. The first kappa shape index (κ1) is 15.5. The predicted octanol–water partition coefficient (Wildman–Crippen LogP) is 3.03. The van der Waals surface area contributed by atoms with Gasteiger partial charge >= 0.3 is 0 Å². The van der Waals surface area contributed by atoms with Gasteiger partial charge in [0.2, 0.25) is 0 Å². The summed E-state index contributed by atoms with van der Waals surface area (Å²) >= 11 is 12.2. The summed E-state index contributed by atoms with van der Waals surface area (Å²) in [7, 11) is 0.